The average molecular weight is 604 g/mol. The lowest BCUT2D eigenvalue weighted by Gasteiger charge is -2.14. The van der Waals surface area contributed by atoms with Crippen LogP contribution in [0.4, 0.5) is 0 Å². The summed E-state index contributed by atoms with van der Waals surface area (Å²) in [5.74, 6) is 0. The Bertz CT molecular complexity index is 2210. The molecule has 0 bridgehead atoms. The molecule has 224 valence electrons. The Labute approximate surface area is 273 Å². The van der Waals surface area contributed by atoms with Gasteiger partial charge in [-0.3, -0.25) is 0 Å². The number of nitrogens with zero attached hydrogens (tertiary/aromatic N) is 1. The van der Waals surface area contributed by atoms with Crippen LogP contribution in [-0.2, 0) is 6.42 Å². The number of benzene rings is 4. The zero-order valence-electron chi connectivity index (χ0n) is 27.0. The third-order valence-electron chi connectivity index (χ3n) is 9.17. The average Bonchev–Trinajstić information content (AvgIpc) is 3.56. The van der Waals surface area contributed by atoms with Crippen molar-refractivity contribution < 1.29 is 0 Å². The minimum absolute atomic E-state index is 0.952. The van der Waals surface area contributed by atoms with E-state index in [4.69, 9.17) is 12.6 Å². The van der Waals surface area contributed by atoms with E-state index in [0.29, 0.717) is 0 Å². The van der Waals surface area contributed by atoms with Crippen molar-refractivity contribution in [2.75, 3.05) is 0 Å². The second-order valence-electron chi connectivity index (χ2n) is 11.7. The zero-order valence-corrected chi connectivity index (χ0v) is 27.9. The van der Waals surface area contributed by atoms with Gasteiger partial charge in [-0.1, -0.05) is 111 Å². The van der Waals surface area contributed by atoms with Gasteiger partial charge in [0.2, 0.25) is 0 Å². The van der Waals surface area contributed by atoms with Crippen LogP contribution in [0, 0.1) is 0 Å². The molecule has 1 aliphatic rings. The Morgan fingerprint density at radius 2 is 1.69 bits per heavy atom. The molecule has 0 saturated carbocycles. The highest BCUT2D eigenvalue weighted by atomic mass is 32.1. The van der Waals surface area contributed by atoms with Crippen molar-refractivity contribution in [2.45, 2.75) is 52.4 Å². The summed E-state index contributed by atoms with van der Waals surface area (Å²) in [5.41, 5.74) is 12.9. The first-order valence-electron chi connectivity index (χ1n) is 15.9. The van der Waals surface area contributed by atoms with Crippen LogP contribution in [0.5, 0.6) is 0 Å². The van der Waals surface area contributed by atoms with Crippen LogP contribution < -0.4 is 10.6 Å². The molecule has 0 aliphatic heterocycles. The minimum Gasteiger partial charge on any atom is -0.310 e. The number of fused-ring (bicyclic) bond motifs is 4. The third-order valence-corrected chi connectivity index (χ3v) is 9.66. The quantitative estimate of drug-likeness (QED) is 0.139. The van der Waals surface area contributed by atoms with Crippen molar-refractivity contribution in [3.8, 4) is 5.69 Å². The molecule has 0 fully saturated rings. The number of thiol groups is 1. The van der Waals surface area contributed by atoms with E-state index in [0.717, 1.165) is 23.3 Å². The van der Waals surface area contributed by atoms with Crippen LogP contribution in [0.3, 0.4) is 0 Å². The van der Waals surface area contributed by atoms with E-state index in [1.807, 2.05) is 12.2 Å². The van der Waals surface area contributed by atoms with Gasteiger partial charge in [-0.2, -0.15) is 0 Å². The van der Waals surface area contributed by atoms with Gasteiger partial charge in [-0.15, -0.1) is 12.6 Å². The molecule has 1 aliphatic carbocycles. The van der Waals surface area contributed by atoms with Gasteiger partial charge in [-0.05, 0) is 114 Å². The van der Waals surface area contributed by atoms with Gasteiger partial charge >= 0.3 is 0 Å². The molecule has 0 N–H and O–H groups in total. The van der Waals surface area contributed by atoms with Crippen LogP contribution >= 0.6 is 12.6 Å². The highest BCUT2D eigenvalue weighted by molar-refractivity contribution is 7.80. The highest BCUT2D eigenvalue weighted by Gasteiger charge is 2.21. The molecule has 1 aromatic heterocycles. The Morgan fingerprint density at radius 1 is 0.933 bits per heavy atom. The van der Waals surface area contributed by atoms with E-state index < -0.39 is 0 Å². The van der Waals surface area contributed by atoms with E-state index in [1.165, 1.54) is 76.9 Å². The molecule has 45 heavy (non-hydrogen) atoms. The summed E-state index contributed by atoms with van der Waals surface area (Å²) in [7, 11) is 0. The van der Waals surface area contributed by atoms with Crippen molar-refractivity contribution in [2.24, 2.45) is 0 Å². The monoisotopic (exact) mass is 603 g/mol. The molecule has 4 aromatic carbocycles. The highest BCUT2D eigenvalue weighted by Crippen LogP contribution is 2.40. The Hall–Kier alpha value is -4.53. The van der Waals surface area contributed by atoms with Gasteiger partial charge in [0.25, 0.3) is 0 Å². The lowest BCUT2D eigenvalue weighted by atomic mass is 9.94. The van der Waals surface area contributed by atoms with Crippen LogP contribution in [0.1, 0.15) is 63.3 Å². The van der Waals surface area contributed by atoms with Crippen LogP contribution in [0.15, 0.2) is 120 Å². The minimum atomic E-state index is 0.952. The molecule has 0 spiro atoms. The predicted octanol–water partition coefficient (Wildman–Crippen LogP) is 10.6. The molecule has 0 saturated heterocycles. The Kier molecular flexibility index (Phi) is 8.70. The largest absolute Gasteiger partial charge is 0.310 e. The fourth-order valence-corrected chi connectivity index (χ4v) is 7.45. The normalized spacial score (nSPS) is 14.9. The molecule has 2 heteroatoms. The molecule has 1 nitrogen and oxygen atoms in total. The van der Waals surface area contributed by atoms with Crippen molar-refractivity contribution in [1.82, 2.24) is 4.57 Å². The van der Waals surface area contributed by atoms with E-state index in [2.05, 4.69) is 143 Å². The second-order valence-corrected chi connectivity index (χ2v) is 12.2. The van der Waals surface area contributed by atoms with Crippen molar-refractivity contribution >= 4 is 63.2 Å². The number of rotatable bonds is 7. The van der Waals surface area contributed by atoms with Crippen LogP contribution in [-0.4, -0.2) is 4.57 Å². The van der Waals surface area contributed by atoms with E-state index >= 15 is 0 Å². The fourth-order valence-electron chi connectivity index (χ4n) is 7.01. The zero-order chi connectivity index (χ0) is 31.7. The molecule has 6 rings (SSSR count). The van der Waals surface area contributed by atoms with Crippen LogP contribution in [0.25, 0.3) is 56.2 Å². The maximum absolute atomic E-state index is 5.06. The molecule has 0 amide bonds. The third kappa shape index (κ3) is 5.28. The first-order valence-corrected chi connectivity index (χ1v) is 16.4. The van der Waals surface area contributed by atoms with Crippen LogP contribution in [0.2, 0.25) is 0 Å². The lowest BCUT2D eigenvalue weighted by molar-refractivity contribution is 1.06. The molecule has 0 radical (unpaired) electrons. The van der Waals surface area contributed by atoms with Gasteiger partial charge in [0.15, 0.2) is 0 Å². The van der Waals surface area contributed by atoms with Crippen molar-refractivity contribution in [3.63, 3.8) is 0 Å². The SMILES string of the molecule is C=C/C=C\C=C(/C)c1ccc2c(ccc3c2c(=C/C)/c(=C\CC)n3-c2ccc(/C(=C/C)C3=C(C)c4ccccc4C3)cc2)c1S. The number of allylic oxidation sites excluding steroid dienone is 9. The van der Waals surface area contributed by atoms with Gasteiger partial charge in [-0.25, -0.2) is 0 Å². The summed E-state index contributed by atoms with van der Waals surface area (Å²) in [4.78, 5) is 1.01. The van der Waals surface area contributed by atoms with E-state index in [1.54, 1.807) is 6.08 Å². The molecule has 0 atom stereocenters. The predicted molar refractivity (Wildman–Crippen MR) is 202 cm³/mol. The number of hydrogen-bond acceptors (Lipinski definition) is 1. The topological polar surface area (TPSA) is 4.93 Å². The summed E-state index contributed by atoms with van der Waals surface area (Å²) < 4.78 is 2.43. The Morgan fingerprint density at radius 3 is 2.38 bits per heavy atom. The first kappa shape index (κ1) is 30.5. The van der Waals surface area contributed by atoms with Gasteiger partial charge in [0.1, 0.15) is 0 Å². The van der Waals surface area contributed by atoms with E-state index in [-0.39, 0.29) is 0 Å². The van der Waals surface area contributed by atoms with Gasteiger partial charge in [0.05, 0.1) is 5.52 Å². The van der Waals surface area contributed by atoms with Gasteiger partial charge < -0.3 is 4.57 Å². The summed E-state index contributed by atoms with van der Waals surface area (Å²) in [6, 6.07) is 26.9. The van der Waals surface area contributed by atoms with E-state index in [9.17, 15) is 0 Å². The number of aromatic nitrogens is 1. The Balaban J connectivity index is 1.50. The summed E-state index contributed by atoms with van der Waals surface area (Å²) in [6.45, 7) is 14.7. The van der Waals surface area contributed by atoms with Crippen molar-refractivity contribution in [3.05, 3.63) is 148 Å². The maximum Gasteiger partial charge on any atom is 0.0547 e. The standard InChI is InChI=1S/C43H41NS/c1-7-11-12-16-28(5)35-23-24-37-38(43(35)45)25-26-41-42(37)34(10-4)40(15-8-2)44(41)32-21-19-30(20-22-32)33(9-3)39-27-31-17-13-14-18-36(31)29(39)6/h7,9-26,45H,1,8,27H2,2-6H3/b12-11-,28-16+,33-9-,34-10+,40-15+. The molecular formula is C43H41NS. The molecule has 1 heterocycles. The maximum atomic E-state index is 5.06. The molecule has 0 unspecified atom stereocenters. The summed E-state index contributed by atoms with van der Waals surface area (Å²) in [5, 5.41) is 6.17. The first-order chi connectivity index (χ1) is 21.9. The van der Waals surface area contributed by atoms with Crippen molar-refractivity contribution in [1.29, 1.82) is 0 Å². The fraction of sp³-hybridized carbons (Fsp3) is 0.163. The summed E-state index contributed by atoms with van der Waals surface area (Å²) in [6.07, 6.45) is 16.7. The summed E-state index contributed by atoms with van der Waals surface area (Å²) >= 11 is 5.06. The second kappa shape index (κ2) is 12.8. The number of hydrogen-bond donors (Lipinski definition) is 1. The lowest BCUT2D eigenvalue weighted by Crippen LogP contribution is -2.28. The molecular weight excluding hydrogens is 563 g/mol. The smallest absolute Gasteiger partial charge is 0.0547 e. The molecule has 5 aromatic rings. The van der Waals surface area contributed by atoms with Gasteiger partial charge in [0, 0.05) is 26.5 Å².